The summed E-state index contributed by atoms with van der Waals surface area (Å²) >= 11 is 0. The van der Waals surface area contributed by atoms with Crippen LogP contribution in [0.2, 0.25) is 0 Å². The van der Waals surface area contributed by atoms with Crippen LogP contribution in [0.4, 0.5) is 0 Å². The van der Waals surface area contributed by atoms with E-state index in [9.17, 15) is 14.4 Å². The van der Waals surface area contributed by atoms with Crippen LogP contribution in [-0.4, -0.2) is 59.9 Å². The maximum atomic E-state index is 12.3. The Hall–Kier alpha value is -2.57. The standard InChI is InChI=1S/C16H20N2O5/c1-17-9-12(7-14(17)19)16(22)18(2)8-11-3-5-13(6-4-11)23-10-15(20)21/h3-6,12H,7-10H2,1-2H3,(H,20,21). The van der Waals surface area contributed by atoms with E-state index in [2.05, 4.69) is 0 Å². The first-order chi connectivity index (χ1) is 10.9. The van der Waals surface area contributed by atoms with Gasteiger partial charge in [0.25, 0.3) is 0 Å². The maximum absolute atomic E-state index is 12.3. The Bertz CT molecular complexity index is 599. The molecule has 23 heavy (non-hydrogen) atoms. The summed E-state index contributed by atoms with van der Waals surface area (Å²) in [6.07, 6.45) is 0.266. The van der Waals surface area contributed by atoms with Gasteiger partial charge in [-0.2, -0.15) is 0 Å². The lowest BCUT2D eigenvalue weighted by molar-refractivity contribution is -0.139. The van der Waals surface area contributed by atoms with E-state index in [1.54, 1.807) is 48.2 Å². The van der Waals surface area contributed by atoms with E-state index in [0.29, 0.717) is 18.8 Å². The first-order valence-electron chi connectivity index (χ1n) is 7.29. The van der Waals surface area contributed by atoms with Crippen LogP contribution in [-0.2, 0) is 20.9 Å². The molecule has 1 unspecified atom stereocenters. The first kappa shape index (κ1) is 16.8. The minimum atomic E-state index is -1.03. The molecule has 1 aromatic rings. The molecule has 7 nitrogen and oxygen atoms in total. The summed E-state index contributed by atoms with van der Waals surface area (Å²) in [6, 6.07) is 6.91. The smallest absolute Gasteiger partial charge is 0.341 e. The molecule has 7 heteroatoms. The van der Waals surface area contributed by atoms with Crippen molar-refractivity contribution in [2.75, 3.05) is 27.2 Å². The lowest BCUT2D eigenvalue weighted by Gasteiger charge is -2.21. The lowest BCUT2D eigenvalue weighted by atomic mass is 10.1. The van der Waals surface area contributed by atoms with Crippen molar-refractivity contribution in [1.29, 1.82) is 0 Å². The van der Waals surface area contributed by atoms with Gasteiger partial charge in [0.1, 0.15) is 5.75 Å². The zero-order valence-corrected chi connectivity index (χ0v) is 13.2. The number of hydrogen-bond acceptors (Lipinski definition) is 4. The second-order valence-corrected chi connectivity index (χ2v) is 5.70. The van der Waals surface area contributed by atoms with Crippen LogP contribution < -0.4 is 4.74 Å². The van der Waals surface area contributed by atoms with Gasteiger partial charge in [-0.3, -0.25) is 9.59 Å². The number of ether oxygens (including phenoxy) is 1. The molecule has 1 aliphatic rings. The summed E-state index contributed by atoms with van der Waals surface area (Å²) in [5.41, 5.74) is 0.904. The highest BCUT2D eigenvalue weighted by Gasteiger charge is 2.33. The van der Waals surface area contributed by atoms with E-state index in [4.69, 9.17) is 9.84 Å². The molecule has 2 rings (SSSR count). The van der Waals surface area contributed by atoms with Gasteiger partial charge >= 0.3 is 5.97 Å². The van der Waals surface area contributed by atoms with Crippen molar-refractivity contribution in [3.05, 3.63) is 29.8 Å². The largest absolute Gasteiger partial charge is 0.482 e. The van der Waals surface area contributed by atoms with Crippen LogP contribution in [0, 0.1) is 5.92 Å². The normalized spacial score (nSPS) is 17.2. The number of rotatable bonds is 6. The molecule has 1 aliphatic heterocycles. The molecular weight excluding hydrogens is 300 g/mol. The molecule has 0 spiro atoms. The Labute approximate surface area is 134 Å². The lowest BCUT2D eigenvalue weighted by Crippen LogP contribution is -2.33. The third-order valence-electron chi connectivity index (χ3n) is 3.77. The molecule has 0 radical (unpaired) electrons. The molecule has 1 atom stereocenters. The van der Waals surface area contributed by atoms with Crippen molar-refractivity contribution in [3.8, 4) is 5.75 Å². The predicted octanol–water partition coefficient (Wildman–Crippen LogP) is 0.587. The Morgan fingerprint density at radius 2 is 2.00 bits per heavy atom. The highest BCUT2D eigenvalue weighted by molar-refractivity contribution is 5.89. The van der Waals surface area contributed by atoms with Crippen molar-refractivity contribution in [1.82, 2.24) is 9.80 Å². The number of amides is 2. The minimum absolute atomic E-state index is 0.00307. The van der Waals surface area contributed by atoms with E-state index in [1.165, 1.54) is 0 Å². The number of carboxylic acids is 1. The Morgan fingerprint density at radius 1 is 1.35 bits per heavy atom. The summed E-state index contributed by atoms with van der Waals surface area (Å²) in [5.74, 6) is -0.898. The van der Waals surface area contributed by atoms with E-state index in [0.717, 1.165) is 5.56 Å². The van der Waals surface area contributed by atoms with Gasteiger partial charge in [-0.05, 0) is 17.7 Å². The van der Waals surface area contributed by atoms with Crippen molar-refractivity contribution in [3.63, 3.8) is 0 Å². The molecule has 1 fully saturated rings. The predicted molar refractivity (Wildman–Crippen MR) is 81.8 cm³/mol. The minimum Gasteiger partial charge on any atom is -0.482 e. The number of benzene rings is 1. The molecule has 0 saturated carbocycles. The van der Waals surface area contributed by atoms with Gasteiger partial charge in [-0.15, -0.1) is 0 Å². The van der Waals surface area contributed by atoms with Gasteiger partial charge in [-0.1, -0.05) is 12.1 Å². The molecule has 0 aromatic heterocycles. The van der Waals surface area contributed by atoms with E-state index in [-0.39, 0.29) is 30.8 Å². The van der Waals surface area contributed by atoms with Crippen LogP contribution >= 0.6 is 0 Å². The number of carboxylic acid groups (broad SMARTS) is 1. The van der Waals surface area contributed by atoms with Crippen LogP contribution in [0.25, 0.3) is 0 Å². The van der Waals surface area contributed by atoms with Gasteiger partial charge in [0.2, 0.25) is 11.8 Å². The monoisotopic (exact) mass is 320 g/mol. The van der Waals surface area contributed by atoms with Crippen molar-refractivity contribution < 1.29 is 24.2 Å². The van der Waals surface area contributed by atoms with Gasteiger partial charge in [0.05, 0.1) is 5.92 Å². The van der Waals surface area contributed by atoms with Crippen molar-refractivity contribution in [2.45, 2.75) is 13.0 Å². The number of hydrogen-bond donors (Lipinski definition) is 1. The van der Waals surface area contributed by atoms with Crippen molar-refractivity contribution in [2.24, 2.45) is 5.92 Å². The van der Waals surface area contributed by atoms with Crippen molar-refractivity contribution >= 4 is 17.8 Å². The van der Waals surface area contributed by atoms with E-state index >= 15 is 0 Å². The van der Waals surface area contributed by atoms with Crippen LogP contribution in [0.5, 0.6) is 5.75 Å². The zero-order chi connectivity index (χ0) is 17.0. The number of aliphatic carboxylic acids is 1. The molecule has 1 aromatic carbocycles. The summed E-state index contributed by atoms with van der Waals surface area (Å²) in [7, 11) is 3.41. The quantitative estimate of drug-likeness (QED) is 0.829. The fourth-order valence-corrected chi connectivity index (χ4v) is 2.53. The average molecular weight is 320 g/mol. The Morgan fingerprint density at radius 3 is 2.52 bits per heavy atom. The molecular formula is C16H20N2O5. The van der Waals surface area contributed by atoms with Crippen LogP contribution in [0.1, 0.15) is 12.0 Å². The molecule has 1 saturated heterocycles. The first-order valence-corrected chi connectivity index (χ1v) is 7.29. The third-order valence-corrected chi connectivity index (χ3v) is 3.77. The SMILES string of the molecule is CN1CC(C(=O)N(C)Cc2ccc(OCC(=O)O)cc2)CC1=O. The summed E-state index contributed by atoms with van der Waals surface area (Å²) in [5, 5.41) is 8.55. The number of likely N-dealkylation sites (tertiary alicyclic amines) is 1. The Balaban J connectivity index is 1.89. The fraction of sp³-hybridized carbons (Fsp3) is 0.438. The molecule has 2 amide bonds. The number of nitrogens with zero attached hydrogens (tertiary/aromatic N) is 2. The number of carbonyl (C=O) groups excluding carboxylic acids is 2. The fourth-order valence-electron chi connectivity index (χ4n) is 2.53. The van der Waals surface area contributed by atoms with Gasteiger partial charge in [-0.25, -0.2) is 4.79 Å². The third kappa shape index (κ3) is 4.45. The van der Waals surface area contributed by atoms with E-state index < -0.39 is 5.97 Å². The van der Waals surface area contributed by atoms with Crippen LogP contribution in [0.3, 0.4) is 0 Å². The Kier molecular flexibility index (Phi) is 5.20. The molecule has 0 bridgehead atoms. The highest BCUT2D eigenvalue weighted by Crippen LogP contribution is 2.19. The topological polar surface area (TPSA) is 87.2 Å². The second kappa shape index (κ2) is 7.13. The molecule has 124 valence electrons. The maximum Gasteiger partial charge on any atom is 0.341 e. The summed E-state index contributed by atoms with van der Waals surface area (Å²) < 4.78 is 5.06. The van der Waals surface area contributed by atoms with E-state index in [1.807, 2.05) is 0 Å². The summed E-state index contributed by atoms with van der Waals surface area (Å²) in [6.45, 7) is 0.497. The van der Waals surface area contributed by atoms with Gasteiger partial charge in [0.15, 0.2) is 6.61 Å². The molecule has 0 aliphatic carbocycles. The van der Waals surface area contributed by atoms with Gasteiger partial charge < -0.3 is 19.6 Å². The second-order valence-electron chi connectivity index (χ2n) is 5.70. The molecule has 1 heterocycles. The van der Waals surface area contributed by atoms with Gasteiger partial charge in [0, 0.05) is 33.6 Å². The summed E-state index contributed by atoms with van der Waals surface area (Å²) in [4.78, 5) is 37.5. The highest BCUT2D eigenvalue weighted by atomic mass is 16.5. The van der Waals surface area contributed by atoms with Crippen LogP contribution in [0.15, 0.2) is 24.3 Å². The number of carbonyl (C=O) groups is 3. The zero-order valence-electron chi connectivity index (χ0n) is 13.2. The average Bonchev–Trinajstić information content (AvgIpc) is 2.85. The molecule has 1 N–H and O–H groups in total.